The van der Waals surface area contributed by atoms with Gasteiger partial charge in [-0.3, -0.25) is 0 Å². The van der Waals surface area contributed by atoms with E-state index in [2.05, 4.69) is 35.1 Å². The van der Waals surface area contributed by atoms with Gasteiger partial charge >= 0.3 is 29.6 Å². The van der Waals surface area contributed by atoms with E-state index in [9.17, 15) is 0 Å². The molecule has 0 heterocycles. The second-order valence-electron chi connectivity index (χ2n) is 2.37. The summed E-state index contributed by atoms with van der Waals surface area (Å²) < 4.78 is 0.471. The standard InChI is InChI=1S/C6H14N2S2.Na/c1-8(2)5-3-4-7-6(9)10;/h3-5H2,1-2H3,(H2,7,9,10);/q;+1/p-1. The van der Waals surface area contributed by atoms with Crippen molar-refractivity contribution >= 4 is 29.2 Å². The molecule has 11 heavy (non-hydrogen) atoms. The first-order valence-corrected chi connectivity index (χ1v) is 4.04. The van der Waals surface area contributed by atoms with Crippen LogP contribution in [0, 0.1) is 0 Å². The molecule has 0 bridgehead atoms. The van der Waals surface area contributed by atoms with Gasteiger partial charge in [0, 0.05) is 6.54 Å². The molecular formula is C6H13N2NaS2. The maximum atomic E-state index is 4.66. The number of nitrogens with one attached hydrogen (secondary N) is 1. The van der Waals surface area contributed by atoms with E-state index in [1.807, 2.05) is 14.1 Å². The van der Waals surface area contributed by atoms with Crippen LogP contribution in [0.4, 0.5) is 0 Å². The fourth-order valence-electron chi connectivity index (χ4n) is 0.586. The molecule has 0 aromatic carbocycles. The number of nitrogens with zero attached hydrogens (tertiary/aromatic N) is 1. The van der Waals surface area contributed by atoms with E-state index in [4.69, 9.17) is 0 Å². The Morgan fingerprint density at radius 2 is 2.09 bits per heavy atom. The summed E-state index contributed by atoms with van der Waals surface area (Å²) in [7, 11) is 4.10. The maximum absolute atomic E-state index is 4.66. The minimum absolute atomic E-state index is 0. The van der Waals surface area contributed by atoms with Crippen LogP contribution < -0.4 is 34.9 Å². The monoisotopic (exact) mass is 200 g/mol. The molecule has 0 aromatic heterocycles. The van der Waals surface area contributed by atoms with Crippen LogP contribution in [0.15, 0.2) is 0 Å². The largest absolute Gasteiger partial charge is 1.00 e. The van der Waals surface area contributed by atoms with Crippen molar-refractivity contribution in [1.29, 1.82) is 0 Å². The number of thiocarbonyl (C=S) groups is 1. The Labute approximate surface area is 102 Å². The minimum atomic E-state index is 0. The zero-order chi connectivity index (χ0) is 7.98. The molecule has 0 saturated heterocycles. The third-order valence-corrected chi connectivity index (χ3v) is 1.34. The molecule has 0 atom stereocenters. The van der Waals surface area contributed by atoms with Gasteiger partial charge in [-0.25, -0.2) is 0 Å². The molecule has 5 heteroatoms. The van der Waals surface area contributed by atoms with Crippen molar-refractivity contribution < 1.29 is 29.6 Å². The molecular weight excluding hydrogens is 187 g/mol. The van der Waals surface area contributed by atoms with Crippen molar-refractivity contribution in [2.75, 3.05) is 27.2 Å². The molecule has 0 saturated carbocycles. The second kappa shape index (κ2) is 9.16. The van der Waals surface area contributed by atoms with Crippen molar-refractivity contribution in [3.8, 4) is 0 Å². The van der Waals surface area contributed by atoms with E-state index >= 15 is 0 Å². The molecule has 1 N–H and O–H groups in total. The fraction of sp³-hybridized carbons (Fsp3) is 0.833. The summed E-state index contributed by atoms with van der Waals surface area (Å²) in [6, 6.07) is 0. The summed E-state index contributed by atoms with van der Waals surface area (Å²) in [6.45, 7) is 1.96. The summed E-state index contributed by atoms with van der Waals surface area (Å²) in [5.41, 5.74) is 0. The molecule has 0 radical (unpaired) electrons. The maximum Gasteiger partial charge on any atom is 1.00 e. The summed E-state index contributed by atoms with van der Waals surface area (Å²) in [5, 5.41) is 2.92. The van der Waals surface area contributed by atoms with Gasteiger partial charge in [-0.15, -0.1) is 0 Å². The van der Waals surface area contributed by atoms with Crippen LogP contribution in [0.5, 0.6) is 0 Å². The smallest absolute Gasteiger partial charge is 0.412 e. The van der Waals surface area contributed by atoms with Crippen molar-refractivity contribution in [3.63, 3.8) is 0 Å². The van der Waals surface area contributed by atoms with Gasteiger partial charge in [0.15, 0.2) is 0 Å². The zero-order valence-electron chi connectivity index (χ0n) is 7.39. The first-order chi connectivity index (χ1) is 4.63. The first kappa shape index (κ1) is 14.6. The third-order valence-electron chi connectivity index (χ3n) is 1.05. The topological polar surface area (TPSA) is 15.3 Å². The van der Waals surface area contributed by atoms with Gasteiger partial charge in [0.05, 0.1) is 0 Å². The molecule has 0 aromatic rings. The quantitative estimate of drug-likeness (QED) is 0.231. The second-order valence-corrected chi connectivity index (χ2v) is 3.45. The summed E-state index contributed by atoms with van der Waals surface area (Å²) in [5.74, 6) is 0. The molecule has 0 rings (SSSR count). The number of hydrogen-bond donors (Lipinski definition) is 1. The number of rotatable bonds is 4. The average Bonchev–Trinajstić information content (AvgIpc) is 1.79. The Hall–Kier alpha value is 1.07. The third kappa shape index (κ3) is 14.0. The van der Waals surface area contributed by atoms with Crippen molar-refractivity contribution in [2.45, 2.75) is 6.42 Å². The Morgan fingerprint density at radius 3 is 2.45 bits per heavy atom. The van der Waals surface area contributed by atoms with Crippen molar-refractivity contribution in [3.05, 3.63) is 0 Å². The Balaban J connectivity index is 0. The summed E-state index contributed by atoms with van der Waals surface area (Å²) >= 11 is 9.33. The van der Waals surface area contributed by atoms with Gasteiger partial charge in [-0.2, -0.15) is 0 Å². The molecule has 0 fully saturated rings. The predicted octanol–water partition coefficient (Wildman–Crippen LogP) is -2.64. The normalized spacial score (nSPS) is 9.00. The van der Waals surface area contributed by atoms with Crippen LogP contribution in [0.2, 0.25) is 0 Å². The summed E-state index contributed by atoms with van der Waals surface area (Å²) in [4.78, 5) is 2.13. The van der Waals surface area contributed by atoms with Gasteiger partial charge in [0.25, 0.3) is 0 Å². The van der Waals surface area contributed by atoms with Gasteiger partial charge in [0.2, 0.25) is 0 Å². The Morgan fingerprint density at radius 1 is 1.55 bits per heavy atom. The van der Waals surface area contributed by atoms with Crippen LogP contribution in [0.25, 0.3) is 0 Å². The molecule has 0 aliphatic rings. The van der Waals surface area contributed by atoms with Gasteiger partial charge in [-0.1, -0.05) is 4.32 Å². The van der Waals surface area contributed by atoms with E-state index < -0.39 is 0 Å². The molecule has 2 nitrogen and oxygen atoms in total. The molecule has 0 aliphatic carbocycles. The first-order valence-electron chi connectivity index (χ1n) is 3.22. The van der Waals surface area contributed by atoms with Crippen LogP contribution in [-0.4, -0.2) is 36.4 Å². The van der Waals surface area contributed by atoms with Crippen LogP contribution >= 0.6 is 12.2 Å². The van der Waals surface area contributed by atoms with E-state index in [1.165, 1.54) is 0 Å². The molecule has 0 aliphatic heterocycles. The zero-order valence-corrected chi connectivity index (χ0v) is 11.0. The SMILES string of the molecule is CN(C)CCCNC(=S)[S-].[Na+]. The molecule has 0 amide bonds. The molecule has 60 valence electrons. The van der Waals surface area contributed by atoms with Crippen LogP contribution in [0.3, 0.4) is 0 Å². The predicted molar refractivity (Wildman–Crippen MR) is 51.1 cm³/mol. The average molecular weight is 200 g/mol. The molecule has 0 spiro atoms. The summed E-state index contributed by atoms with van der Waals surface area (Å²) in [6.07, 6.45) is 1.09. The Bertz CT molecular complexity index is 109. The van der Waals surface area contributed by atoms with Crippen molar-refractivity contribution in [1.82, 2.24) is 10.2 Å². The Kier molecular flexibility index (Phi) is 12.1. The molecule has 0 unspecified atom stereocenters. The van der Waals surface area contributed by atoms with Gasteiger partial charge < -0.3 is 35.1 Å². The van der Waals surface area contributed by atoms with Gasteiger partial charge in [0.1, 0.15) is 0 Å². The van der Waals surface area contributed by atoms with Crippen LogP contribution in [-0.2, 0) is 12.6 Å². The van der Waals surface area contributed by atoms with E-state index in [1.54, 1.807) is 0 Å². The fourth-order valence-corrected chi connectivity index (χ4v) is 0.790. The van der Waals surface area contributed by atoms with Crippen LogP contribution in [0.1, 0.15) is 6.42 Å². The van der Waals surface area contributed by atoms with E-state index in [0.717, 1.165) is 19.5 Å². The number of hydrogen-bond acceptors (Lipinski definition) is 3. The van der Waals surface area contributed by atoms with Crippen molar-refractivity contribution in [2.24, 2.45) is 0 Å². The van der Waals surface area contributed by atoms with E-state index in [0.29, 0.717) is 4.32 Å². The minimum Gasteiger partial charge on any atom is -0.412 e. The van der Waals surface area contributed by atoms with Gasteiger partial charge in [-0.05, 0) is 27.1 Å². The van der Waals surface area contributed by atoms with E-state index in [-0.39, 0.29) is 29.6 Å².